The lowest BCUT2D eigenvalue weighted by atomic mass is 10.1. The lowest BCUT2D eigenvalue weighted by Crippen LogP contribution is -2.32. The second-order valence-electron chi connectivity index (χ2n) is 6.49. The number of amides is 1. The van der Waals surface area contributed by atoms with Crippen LogP contribution in [0.2, 0.25) is 0 Å². The summed E-state index contributed by atoms with van der Waals surface area (Å²) in [7, 11) is 1.90. The molecule has 0 spiro atoms. The largest absolute Gasteiger partial charge is 0.391 e. The van der Waals surface area contributed by atoms with E-state index in [-0.39, 0.29) is 5.91 Å². The fourth-order valence-corrected chi connectivity index (χ4v) is 3.53. The molecule has 0 fully saturated rings. The van der Waals surface area contributed by atoms with E-state index >= 15 is 0 Å². The molecule has 0 aliphatic heterocycles. The van der Waals surface area contributed by atoms with Crippen LogP contribution in [0.4, 0.5) is 0 Å². The van der Waals surface area contributed by atoms with Crippen LogP contribution in [0.15, 0.2) is 6.07 Å². The molecule has 0 saturated heterocycles. The standard InChI is InChI=1S/C16H25N3O2S/c1-9(2)6-11(20)8-17-15(21)13-7-12-14(10(3)4)18-19(5)16(12)22-13/h7,9-11,20H,6,8H2,1-5H3,(H,17,21). The quantitative estimate of drug-likeness (QED) is 0.859. The van der Waals surface area contributed by atoms with Crippen molar-refractivity contribution in [2.24, 2.45) is 13.0 Å². The minimum absolute atomic E-state index is 0.126. The maximum atomic E-state index is 12.3. The van der Waals surface area contributed by atoms with Crippen LogP contribution < -0.4 is 5.32 Å². The Kier molecular flexibility index (Phi) is 5.24. The molecule has 1 amide bonds. The number of hydrogen-bond donors (Lipinski definition) is 2. The third kappa shape index (κ3) is 3.67. The first-order chi connectivity index (χ1) is 10.3. The predicted octanol–water partition coefficient (Wildman–Crippen LogP) is 2.90. The van der Waals surface area contributed by atoms with E-state index in [1.165, 1.54) is 11.3 Å². The number of rotatable bonds is 6. The SMILES string of the molecule is CC(C)CC(O)CNC(=O)c1cc2c(C(C)C)nn(C)c2s1. The van der Waals surface area contributed by atoms with Gasteiger partial charge in [-0.3, -0.25) is 9.48 Å². The Balaban J connectivity index is 2.11. The number of aryl methyl sites for hydroxylation is 1. The number of carbonyl (C=O) groups excluding carboxylic acids is 1. The third-order valence-electron chi connectivity index (χ3n) is 3.55. The Bertz CT molecular complexity index is 658. The number of aromatic nitrogens is 2. The molecule has 0 aliphatic carbocycles. The van der Waals surface area contributed by atoms with E-state index in [1.807, 2.05) is 17.8 Å². The van der Waals surface area contributed by atoms with Crippen molar-refractivity contribution in [1.29, 1.82) is 0 Å². The van der Waals surface area contributed by atoms with Crippen molar-refractivity contribution in [2.45, 2.75) is 46.1 Å². The van der Waals surface area contributed by atoms with Crippen molar-refractivity contribution >= 4 is 27.5 Å². The van der Waals surface area contributed by atoms with E-state index in [4.69, 9.17) is 0 Å². The summed E-state index contributed by atoms with van der Waals surface area (Å²) >= 11 is 1.44. The van der Waals surface area contributed by atoms with E-state index in [2.05, 4.69) is 38.1 Å². The maximum absolute atomic E-state index is 12.3. The van der Waals surface area contributed by atoms with Crippen molar-refractivity contribution in [3.8, 4) is 0 Å². The molecule has 0 bridgehead atoms. The number of hydrogen-bond acceptors (Lipinski definition) is 4. The van der Waals surface area contributed by atoms with Gasteiger partial charge < -0.3 is 10.4 Å². The van der Waals surface area contributed by atoms with Crippen LogP contribution in [0.1, 0.15) is 55.4 Å². The molecule has 2 aromatic heterocycles. The first kappa shape index (κ1) is 17.0. The molecule has 0 radical (unpaired) electrons. The molecule has 122 valence electrons. The van der Waals surface area contributed by atoms with E-state index in [1.54, 1.807) is 0 Å². The van der Waals surface area contributed by atoms with Crippen molar-refractivity contribution < 1.29 is 9.90 Å². The van der Waals surface area contributed by atoms with Gasteiger partial charge in [-0.25, -0.2) is 0 Å². The Labute approximate surface area is 135 Å². The van der Waals surface area contributed by atoms with Gasteiger partial charge in [0.05, 0.1) is 16.7 Å². The second kappa shape index (κ2) is 6.79. The highest BCUT2D eigenvalue weighted by Gasteiger charge is 2.19. The average molecular weight is 323 g/mol. The lowest BCUT2D eigenvalue weighted by molar-refractivity contribution is 0.0904. The van der Waals surface area contributed by atoms with Crippen LogP contribution in [0.25, 0.3) is 10.2 Å². The smallest absolute Gasteiger partial charge is 0.261 e. The third-order valence-corrected chi connectivity index (χ3v) is 4.75. The first-order valence-corrected chi connectivity index (χ1v) is 8.54. The summed E-state index contributed by atoms with van der Waals surface area (Å²) in [5.74, 6) is 0.608. The molecule has 0 saturated carbocycles. The highest BCUT2D eigenvalue weighted by atomic mass is 32.1. The number of fused-ring (bicyclic) bond motifs is 1. The molecule has 5 nitrogen and oxygen atoms in total. The van der Waals surface area contributed by atoms with E-state index in [0.29, 0.717) is 29.7 Å². The van der Waals surface area contributed by atoms with Crippen molar-refractivity contribution in [1.82, 2.24) is 15.1 Å². The predicted molar refractivity (Wildman–Crippen MR) is 90.5 cm³/mol. The van der Waals surface area contributed by atoms with E-state index in [9.17, 15) is 9.90 Å². The first-order valence-electron chi connectivity index (χ1n) is 7.72. The number of nitrogens with zero attached hydrogens (tertiary/aromatic N) is 2. The number of carbonyl (C=O) groups is 1. The van der Waals surface area contributed by atoms with Crippen molar-refractivity contribution in [3.05, 3.63) is 16.6 Å². The summed E-state index contributed by atoms with van der Waals surface area (Å²) in [6, 6.07) is 1.91. The Hall–Kier alpha value is -1.40. The molecule has 2 N–H and O–H groups in total. The Morgan fingerprint density at radius 2 is 2.09 bits per heavy atom. The van der Waals surface area contributed by atoms with Gasteiger partial charge in [-0.15, -0.1) is 11.3 Å². The van der Waals surface area contributed by atoms with Crippen LogP contribution in [-0.4, -0.2) is 33.4 Å². The van der Waals surface area contributed by atoms with Crippen molar-refractivity contribution in [2.75, 3.05) is 6.54 Å². The summed E-state index contributed by atoms with van der Waals surface area (Å²) in [6.07, 6.45) is 0.194. The Morgan fingerprint density at radius 1 is 1.41 bits per heavy atom. The molecule has 0 aliphatic rings. The number of aliphatic hydroxyl groups is 1. The highest BCUT2D eigenvalue weighted by Crippen LogP contribution is 2.31. The van der Waals surface area contributed by atoms with Crippen LogP contribution in [0, 0.1) is 5.92 Å². The van der Waals surface area contributed by atoms with Gasteiger partial charge in [0.2, 0.25) is 0 Å². The molecule has 2 heterocycles. The van der Waals surface area contributed by atoms with Crippen LogP contribution in [0.3, 0.4) is 0 Å². The topological polar surface area (TPSA) is 67.2 Å². The van der Waals surface area contributed by atoms with Gasteiger partial charge in [0.15, 0.2) is 0 Å². The van der Waals surface area contributed by atoms with Crippen LogP contribution in [0.5, 0.6) is 0 Å². The molecular formula is C16H25N3O2S. The zero-order chi connectivity index (χ0) is 16.4. The van der Waals surface area contributed by atoms with Gasteiger partial charge in [-0.1, -0.05) is 27.7 Å². The van der Waals surface area contributed by atoms with Crippen LogP contribution >= 0.6 is 11.3 Å². The van der Waals surface area contributed by atoms with Gasteiger partial charge in [-0.2, -0.15) is 5.10 Å². The monoisotopic (exact) mass is 323 g/mol. The van der Waals surface area contributed by atoms with E-state index in [0.717, 1.165) is 15.9 Å². The van der Waals surface area contributed by atoms with Crippen LogP contribution in [-0.2, 0) is 7.05 Å². The number of thiophene rings is 1. The fraction of sp³-hybridized carbons (Fsp3) is 0.625. The highest BCUT2D eigenvalue weighted by molar-refractivity contribution is 7.20. The Morgan fingerprint density at radius 3 is 2.68 bits per heavy atom. The summed E-state index contributed by atoms with van der Waals surface area (Å²) in [6.45, 7) is 8.60. The molecule has 2 aromatic rings. The molecule has 6 heteroatoms. The average Bonchev–Trinajstić information content (AvgIpc) is 2.96. The zero-order valence-corrected chi connectivity index (χ0v) is 14.7. The molecule has 1 unspecified atom stereocenters. The van der Waals surface area contributed by atoms with Gasteiger partial charge in [0.25, 0.3) is 5.91 Å². The zero-order valence-electron chi connectivity index (χ0n) is 13.9. The number of nitrogens with one attached hydrogen (secondary N) is 1. The van der Waals surface area contributed by atoms with Gasteiger partial charge in [0.1, 0.15) is 4.83 Å². The lowest BCUT2D eigenvalue weighted by Gasteiger charge is -2.13. The molecule has 1 atom stereocenters. The van der Waals surface area contributed by atoms with Gasteiger partial charge in [-0.05, 0) is 24.3 Å². The molecule has 0 aromatic carbocycles. The second-order valence-corrected chi connectivity index (χ2v) is 7.52. The number of aliphatic hydroxyl groups excluding tert-OH is 1. The van der Waals surface area contributed by atoms with Gasteiger partial charge >= 0.3 is 0 Å². The maximum Gasteiger partial charge on any atom is 0.261 e. The van der Waals surface area contributed by atoms with Crippen molar-refractivity contribution in [3.63, 3.8) is 0 Å². The summed E-state index contributed by atoms with van der Waals surface area (Å²) in [5, 5.41) is 18.2. The normalized spacial score (nSPS) is 13.3. The summed E-state index contributed by atoms with van der Waals surface area (Å²) < 4.78 is 1.83. The summed E-state index contributed by atoms with van der Waals surface area (Å²) in [4.78, 5) is 13.9. The van der Waals surface area contributed by atoms with E-state index < -0.39 is 6.10 Å². The fourth-order valence-electron chi connectivity index (χ4n) is 2.53. The minimum atomic E-state index is -0.494. The van der Waals surface area contributed by atoms with Gasteiger partial charge in [0, 0.05) is 19.0 Å². The molecule has 2 rings (SSSR count). The molecule has 22 heavy (non-hydrogen) atoms. The molecular weight excluding hydrogens is 298 g/mol. The minimum Gasteiger partial charge on any atom is -0.391 e. The summed E-state index contributed by atoms with van der Waals surface area (Å²) in [5.41, 5.74) is 1.02.